The number of benzene rings is 1. The zero-order valence-corrected chi connectivity index (χ0v) is 15.5. The van der Waals surface area contributed by atoms with Gasteiger partial charge in [0, 0.05) is 25.2 Å². The molecule has 1 aromatic carbocycles. The van der Waals surface area contributed by atoms with Gasteiger partial charge in [-0.3, -0.25) is 4.79 Å². The second-order valence-electron chi connectivity index (χ2n) is 5.97. The van der Waals surface area contributed by atoms with Crippen LogP contribution in [0.1, 0.15) is 29.8 Å². The molecule has 138 valence electrons. The summed E-state index contributed by atoms with van der Waals surface area (Å²) in [5, 5.41) is 11.7. The molecule has 2 heterocycles. The minimum absolute atomic E-state index is 0.0745. The molecule has 1 aromatic heterocycles. The molecule has 26 heavy (non-hydrogen) atoms. The third kappa shape index (κ3) is 3.99. The molecule has 0 radical (unpaired) electrons. The van der Waals surface area contributed by atoms with Crippen LogP contribution < -0.4 is 14.8 Å². The highest BCUT2D eigenvalue weighted by Crippen LogP contribution is 2.36. The van der Waals surface area contributed by atoms with Gasteiger partial charge >= 0.3 is 0 Å². The number of likely N-dealkylation sites (tertiary alicyclic amines) is 1. The maximum Gasteiger partial charge on any atom is 0.274 e. The van der Waals surface area contributed by atoms with E-state index in [1.165, 1.54) is 13.5 Å². The third-order valence-corrected chi connectivity index (χ3v) is 4.56. The van der Waals surface area contributed by atoms with E-state index in [0.717, 1.165) is 25.9 Å². The molecule has 2 aromatic rings. The zero-order valence-electron chi connectivity index (χ0n) is 14.8. The molecule has 1 N–H and O–H groups in total. The molecule has 0 spiro atoms. The average Bonchev–Trinajstić information content (AvgIpc) is 2.69. The number of halogens is 1. The molecule has 1 amide bonds. The lowest BCUT2D eigenvalue weighted by molar-refractivity contribution is 0.0717. The van der Waals surface area contributed by atoms with Crippen LogP contribution in [0.25, 0.3) is 0 Å². The smallest absolute Gasteiger partial charge is 0.274 e. The number of hydrogen-bond acceptors (Lipinski definition) is 6. The molecule has 1 saturated heterocycles. The monoisotopic (exact) mass is 376 g/mol. The Labute approximate surface area is 157 Å². The summed E-state index contributed by atoms with van der Waals surface area (Å²) in [6.07, 6.45) is 3.25. The SMILES string of the molecule is COc1cc(Nc2ccc(C(=O)N3CCCCC3)nn2)c(OC)cc1Cl. The van der Waals surface area contributed by atoms with Gasteiger partial charge in [-0.05, 0) is 31.4 Å². The Morgan fingerprint density at radius 1 is 1.08 bits per heavy atom. The van der Waals surface area contributed by atoms with E-state index in [1.54, 1.807) is 31.4 Å². The Balaban J connectivity index is 1.76. The molecular weight excluding hydrogens is 356 g/mol. The van der Waals surface area contributed by atoms with E-state index >= 15 is 0 Å². The first-order valence-corrected chi connectivity index (χ1v) is 8.81. The van der Waals surface area contributed by atoms with Crippen LogP contribution in [-0.4, -0.2) is 48.3 Å². The van der Waals surface area contributed by atoms with Gasteiger partial charge in [0.05, 0.1) is 24.9 Å². The topological polar surface area (TPSA) is 76.6 Å². The summed E-state index contributed by atoms with van der Waals surface area (Å²) in [6.45, 7) is 1.56. The van der Waals surface area contributed by atoms with E-state index in [2.05, 4.69) is 15.5 Å². The summed E-state index contributed by atoms with van der Waals surface area (Å²) < 4.78 is 10.6. The molecule has 1 fully saturated rings. The van der Waals surface area contributed by atoms with Crippen LogP contribution in [0, 0.1) is 0 Å². The van der Waals surface area contributed by atoms with E-state index < -0.39 is 0 Å². The summed E-state index contributed by atoms with van der Waals surface area (Å²) >= 11 is 6.11. The second kappa shape index (κ2) is 8.23. The van der Waals surface area contributed by atoms with Gasteiger partial charge in [0.15, 0.2) is 11.5 Å². The first-order chi connectivity index (χ1) is 12.6. The number of aromatic nitrogens is 2. The maximum atomic E-state index is 12.4. The molecule has 0 aliphatic carbocycles. The summed E-state index contributed by atoms with van der Waals surface area (Å²) in [5.41, 5.74) is 0.983. The predicted octanol–water partition coefficient (Wildman–Crippen LogP) is 3.52. The van der Waals surface area contributed by atoms with Crippen molar-refractivity contribution >= 4 is 29.0 Å². The molecule has 7 nitrogen and oxygen atoms in total. The van der Waals surface area contributed by atoms with Gasteiger partial charge in [-0.15, -0.1) is 10.2 Å². The van der Waals surface area contributed by atoms with Gasteiger partial charge < -0.3 is 19.7 Å². The average molecular weight is 377 g/mol. The number of nitrogens with zero attached hydrogens (tertiary/aromatic N) is 3. The van der Waals surface area contributed by atoms with Crippen LogP contribution in [0.2, 0.25) is 5.02 Å². The Morgan fingerprint density at radius 2 is 1.81 bits per heavy atom. The Hall–Kier alpha value is -2.54. The molecule has 8 heteroatoms. The molecular formula is C18H21ClN4O3. The molecule has 0 atom stereocenters. The van der Waals surface area contributed by atoms with Crippen molar-refractivity contribution in [1.82, 2.24) is 15.1 Å². The van der Waals surface area contributed by atoms with Crippen LogP contribution in [0.15, 0.2) is 24.3 Å². The van der Waals surface area contributed by atoms with Gasteiger partial charge in [0.2, 0.25) is 0 Å². The highest BCUT2D eigenvalue weighted by atomic mass is 35.5. The number of methoxy groups -OCH3 is 2. The van der Waals surface area contributed by atoms with Crippen LogP contribution in [0.4, 0.5) is 11.5 Å². The standard InChI is InChI=1S/C18H21ClN4O3/c1-25-15-11-14(16(26-2)10-12(15)19)20-17-7-6-13(21-22-17)18(24)23-8-4-3-5-9-23/h6-7,10-11H,3-5,8-9H2,1-2H3,(H,20,22). The third-order valence-electron chi connectivity index (χ3n) is 4.26. The van der Waals surface area contributed by atoms with Gasteiger partial charge in [0.1, 0.15) is 11.5 Å². The first kappa shape index (κ1) is 18.3. The quantitative estimate of drug-likeness (QED) is 0.860. The lowest BCUT2D eigenvalue weighted by Gasteiger charge is -2.26. The Morgan fingerprint density at radius 3 is 2.42 bits per heavy atom. The molecule has 0 bridgehead atoms. The molecule has 0 unspecified atom stereocenters. The maximum absolute atomic E-state index is 12.4. The summed E-state index contributed by atoms with van der Waals surface area (Å²) in [4.78, 5) is 14.3. The van der Waals surface area contributed by atoms with E-state index in [4.69, 9.17) is 21.1 Å². The van der Waals surface area contributed by atoms with E-state index in [1.807, 2.05) is 4.90 Å². The first-order valence-electron chi connectivity index (χ1n) is 8.44. The van der Waals surface area contributed by atoms with Crippen molar-refractivity contribution in [2.75, 3.05) is 32.6 Å². The van der Waals surface area contributed by atoms with Gasteiger partial charge in [-0.25, -0.2) is 0 Å². The largest absolute Gasteiger partial charge is 0.495 e. The van der Waals surface area contributed by atoms with Crippen LogP contribution in [0.5, 0.6) is 11.5 Å². The molecule has 0 saturated carbocycles. The number of carbonyl (C=O) groups is 1. The summed E-state index contributed by atoms with van der Waals surface area (Å²) in [6, 6.07) is 6.76. The van der Waals surface area contributed by atoms with Crippen molar-refractivity contribution in [1.29, 1.82) is 0 Å². The number of amides is 1. The summed E-state index contributed by atoms with van der Waals surface area (Å²) in [5.74, 6) is 1.48. The number of hydrogen-bond donors (Lipinski definition) is 1. The fourth-order valence-corrected chi connectivity index (χ4v) is 3.10. The second-order valence-corrected chi connectivity index (χ2v) is 6.38. The Kier molecular flexibility index (Phi) is 5.78. The van der Waals surface area contributed by atoms with Crippen LogP contribution in [-0.2, 0) is 0 Å². The van der Waals surface area contributed by atoms with Gasteiger partial charge in [-0.2, -0.15) is 0 Å². The lowest BCUT2D eigenvalue weighted by atomic mass is 10.1. The van der Waals surface area contributed by atoms with Crippen molar-refractivity contribution in [3.63, 3.8) is 0 Å². The molecule has 1 aliphatic rings. The minimum Gasteiger partial charge on any atom is -0.495 e. The number of piperidine rings is 1. The minimum atomic E-state index is -0.0745. The molecule has 3 rings (SSSR count). The van der Waals surface area contributed by atoms with Crippen molar-refractivity contribution in [3.8, 4) is 11.5 Å². The highest BCUT2D eigenvalue weighted by Gasteiger charge is 2.19. The van der Waals surface area contributed by atoms with Gasteiger partial charge in [0.25, 0.3) is 5.91 Å². The van der Waals surface area contributed by atoms with E-state index in [9.17, 15) is 4.79 Å². The van der Waals surface area contributed by atoms with Crippen molar-refractivity contribution < 1.29 is 14.3 Å². The van der Waals surface area contributed by atoms with Crippen LogP contribution in [0.3, 0.4) is 0 Å². The lowest BCUT2D eigenvalue weighted by Crippen LogP contribution is -2.36. The highest BCUT2D eigenvalue weighted by molar-refractivity contribution is 6.32. The number of nitrogens with one attached hydrogen (secondary N) is 1. The zero-order chi connectivity index (χ0) is 18.5. The van der Waals surface area contributed by atoms with Crippen molar-refractivity contribution in [3.05, 3.63) is 35.0 Å². The fourth-order valence-electron chi connectivity index (χ4n) is 2.87. The molecule has 1 aliphatic heterocycles. The summed E-state index contributed by atoms with van der Waals surface area (Å²) in [7, 11) is 3.09. The predicted molar refractivity (Wildman–Crippen MR) is 99.6 cm³/mol. The van der Waals surface area contributed by atoms with Crippen molar-refractivity contribution in [2.24, 2.45) is 0 Å². The van der Waals surface area contributed by atoms with Crippen molar-refractivity contribution in [2.45, 2.75) is 19.3 Å². The van der Waals surface area contributed by atoms with E-state index in [0.29, 0.717) is 33.7 Å². The Bertz CT molecular complexity index is 777. The van der Waals surface area contributed by atoms with E-state index in [-0.39, 0.29) is 5.91 Å². The number of carbonyl (C=O) groups excluding carboxylic acids is 1. The van der Waals surface area contributed by atoms with Gasteiger partial charge in [-0.1, -0.05) is 11.6 Å². The number of rotatable bonds is 5. The van der Waals surface area contributed by atoms with Crippen LogP contribution >= 0.6 is 11.6 Å². The number of ether oxygens (including phenoxy) is 2. The number of anilines is 2. The normalized spacial score (nSPS) is 14.0. The fraction of sp³-hybridized carbons (Fsp3) is 0.389.